The van der Waals surface area contributed by atoms with Crippen LogP contribution in [0.3, 0.4) is 0 Å². The van der Waals surface area contributed by atoms with Gasteiger partial charge in [0.1, 0.15) is 10.0 Å². The predicted octanol–water partition coefficient (Wildman–Crippen LogP) is 3.11. The van der Waals surface area contributed by atoms with E-state index in [-0.39, 0.29) is 16.2 Å². The first-order valence-corrected chi connectivity index (χ1v) is 6.45. The summed E-state index contributed by atoms with van der Waals surface area (Å²) < 4.78 is 3.70. The maximum absolute atomic E-state index is 12.0. The molecular weight excluding hydrogens is 295 g/mol. The summed E-state index contributed by atoms with van der Waals surface area (Å²) in [4.78, 5) is 16.3. The van der Waals surface area contributed by atoms with E-state index in [0.29, 0.717) is 16.3 Å². The number of carbonyl (C=O) groups excluding carboxylic acids is 1. The summed E-state index contributed by atoms with van der Waals surface area (Å²) in [7, 11) is 0. The van der Waals surface area contributed by atoms with Crippen molar-refractivity contribution in [2.24, 2.45) is 0 Å². The Balaban J connectivity index is 2.31. The second-order valence-corrected chi connectivity index (χ2v) is 5.07. The fraction of sp³-hybridized carbons (Fsp3) is 0.200. The van der Waals surface area contributed by atoms with Crippen molar-refractivity contribution in [3.8, 4) is 0 Å². The zero-order valence-electron chi connectivity index (χ0n) is 9.49. The number of hydrogen-bond acceptors (Lipinski definition) is 5. The van der Waals surface area contributed by atoms with Crippen molar-refractivity contribution in [1.82, 2.24) is 14.6 Å². The van der Waals surface area contributed by atoms with E-state index in [2.05, 4.69) is 19.9 Å². The van der Waals surface area contributed by atoms with Gasteiger partial charge in [-0.15, -0.1) is 5.10 Å². The van der Waals surface area contributed by atoms with Crippen molar-refractivity contribution in [3.63, 3.8) is 0 Å². The Kier molecular flexibility index (Phi) is 3.79. The summed E-state index contributed by atoms with van der Waals surface area (Å²) in [5, 5.41) is 6.90. The Bertz CT molecular complexity index is 591. The van der Waals surface area contributed by atoms with Gasteiger partial charge in [-0.3, -0.25) is 4.79 Å². The minimum atomic E-state index is -0.309. The molecule has 0 atom stereocenters. The van der Waals surface area contributed by atoms with Gasteiger partial charge in [0.25, 0.3) is 5.91 Å². The molecule has 0 aliphatic carbocycles. The molecule has 1 N–H and O–H groups in total. The second kappa shape index (κ2) is 5.17. The average molecular weight is 303 g/mol. The molecule has 0 saturated heterocycles. The van der Waals surface area contributed by atoms with Crippen LogP contribution in [-0.4, -0.2) is 20.5 Å². The molecule has 0 fully saturated rings. The summed E-state index contributed by atoms with van der Waals surface area (Å²) in [6.07, 6.45) is 0. The molecule has 94 valence electrons. The first-order valence-electron chi connectivity index (χ1n) is 4.92. The topological polar surface area (TPSA) is 67.8 Å². The third-order valence-corrected chi connectivity index (χ3v) is 3.53. The monoisotopic (exact) mass is 302 g/mol. The average Bonchev–Trinajstić information content (AvgIpc) is 2.69. The van der Waals surface area contributed by atoms with E-state index in [0.717, 1.165) is 17.1 Å². The van der Waals surface area contributed by atoms with Gasteiger partial charge in [-0.05, 0) is 37.0 Å². The number of nitrogens with one attached hydrogen (secondary N) is 1. The smallest absolute Gasteiger partial charge is 0.269 e. The van der Waals surface area contributed by atoms with Crippen molar-refractivity contribution in [3.05, 3.63) is 32.5 Å². The molecule has 0 radical (unpaired) electrons. The fourth-order valence-corrected chi connectivity index (χ4v) is 2.49. The Morgan fingerprint density at radius 1 is 1.39 bits per heavy atom. The van der Waals surface area contributed by atoms with Gasteiger partial charge in [0.15, 0.2) is 5.15 Å². The van der Waals surface area contributed by atoms with E-state index >= 15 is 0 Å². The van der Waals surface area contributed by atoms with Gasteiger partial charge in [0.05, 0.1) is 11.4 Å². The highest BCUT2D eigenvalue weighted by Crippen LogP contribution is 2.27. The molecule has 18 heavy (non-hydrogen) atoms. The number of carbonyl (C=O) groups is 1. The lowest BCUT2D eigenvalue weighted by molar-refractivity contribution is 0.102. The van der Waals surface area contributed by atoms with E-state index < -0.39 is 0 Å². The van der Waals surface area contributed by atoms with Crippen molar-refractivity contribution in [2.75, 3.05) is 5.32 Å². The van der Waals surface area contributed by atoms with Crippen molar-refractivity contribution in [2.45, 2.75) is 13.8 Å². The molecule has 0 aliphatic rings. The summed E-state index contributed by atoms with van der Waals surface area (Å²) in [5.41, 5.74) is 1.76. The minimum Gasteiger partial charge on any atom is -0.318 e. The maximum atomic E-state index is 12.0. The molecule has 5 nitrogen and oxygen atoms in total. The molecule has 0 bridgehead atoms. The summed E-state index contributed by atoms with van der Waals surface area (Å²) in [5.74, 6) is -0.309. The van der Waals surface area contributed by atoms with Crippen LogP contribution in [0, 0.1) is 13.8 Å². The normalized spacial score (nSPS) is 10.4. The Morgan fingerprint density at radius 3 is 2.67 bits per heavy atom. The quantitative estimate of drug-likeness (QED) is 0.866. The predicted molar refractivity (Wildman–Crippen MR) is 71.6 cm³/mol. The first kappa shape index (κ1) is 13.2. The molecule has 1 amide bonds. The second-order valence-electron chi connectivity index (χ2n) is 3.57. The molecule has 0 aromatic carbocycles. The van der Waals surface area contributed by atoms with E-state index in [1.807, 2.05) is 0 Å². The number of pyridine rings is 1. The molecule has 2 heterocycles. The summed E-state index contributed by atoms with van der Waals surface area (Å²) >= 11 is 12.7. The van der Waals surface area contributed by atoms with E-state index in [1.165, 1.54) is 0 Å². The number of aromatic nitrogens is 3. The van der Waals surface area contributed by atoms with Crippen molar-refractivity contribution >= 4 is 46.3 Å². The zero-order valence-corrected chi connectivity index (χ0v) is 11.8. The molecule has 2 rings (SSSR count). The molecule has 0 saturated carbocycles. The molecule has 0 spiro atoms. The highest BCUT2D eigenvalue weighted by molar-refractivity contribution is 7.08. The standard InChI is InChI=1S/C10H8Cl2N4OS/c1-4-3-6(11)13-9(12)7(4)14-10(17)8-5(2)15-16-18-8/h3H,1-2H3,(H,14,17). The Hall–Kier alpha value is -1.24. The highest BCUT2D eigenvalue weighted by Gasteiger charge is 2.16. The number of hydrogen-bond donors (Lipinski definition) is 1. The SMILES string of the molecule is Cc1cc(Cl)nc(Cl)c1NC(=O)c1snnc1C. The van der Waals surface area contributed by atoms with E-state index in [9.17, 15) is 4.79 Å². The van der Waals surface area contributed by atoms with Gasteiger partial charge in [-0.2, -0.15) is 0 Å². The number of anilines is 1. The zero-order chi connectivity index (χ0) is 13.3. The van der Waals surface area contributed by atoms with Crippen molar-refractivity contribution < 1.29 is 4.79 Å². The Labute approximate surface area is 117 Å². The number of aryl methyl sites for hydroxylation is 2. The lowest BCUT2D eigenvalue weighted by Crippen LogP contribution is -2.13. The fourth-order valence-electron chi connectivity index (χ4n) is 1.36. The molecular formula is C10H8Cl2N4OS. The number of nitrogens with zero attached hydrogens (tertiary/aromatic N) is 3. The van der Waals surface area contributed by atoms with Crippen LogP contribution in [0.1, 0.15) is 20.9 Å². The van der Waals surface area contributed by atoms with Gasteiger partial charge in [0.2, 0.25) is 0 Å². The minimum absolute atomic E-state index is 0.156. The van der Waals surface area contributed by atoms with Crippen LogP contribution in [0.15, 0.2) is 6.07 Å². The third-order valence-electron chi connectivity index (χ3n) is 2.24. The largest absolute Gasteiger partial charge is 0.318 e. The van der Waals surface area contributed by atoms with Crippen LogP contribution >= 0.6 is 34.7 Å². The first-order chi connectivity index (χ1) is 8.49. The summed E-state index contributed by atoms with van der Waals surface area (Å²) in [6, 6.07) is 1.63. The van der Waals surface area contributed by atoms with Crippen LogP contribution in [0.25, 0.3) is 0 Å². The number of rotatable bonds is 2. The maximum Gasteiger partial charge on any atom is 0.269 e. The number of halogens is 2. The molecule has 8 heteroatoms. The van der Waals surface area contributed by atoms with Gasteiger partial charge < -0.3 is 5.32 Å². The Morgan fingerprint density at radius 2 is 2.11 bits per heavy atom. The highest BCUT2D eigenvalue weighted by atomic mass is 35.5. The van der Waals surface area contributed by atoms with Crippen LogP contribution in [0.5, 0.6) is 0 Å². The van der Waals surface area contributed by atoms with Gasteiger partial charge in [0, 0.05) is 0 Å². The summed E-state index contributed by atoms with van der Waals surface area (Å²) in [6.45, 7) is 3.50. The third kappa shape index (κ3) is 2.60. The van der Waals surface area contributed by atoms with Crippen LogP contribution in [-0.2, 0) is 0 Å². The van der Waals surface area contributed by atoms with Gasteiger partial charge >= 0.3 is 0 Å². The van der Waals surface area contributed by atoms with Crippen LogP contribution in [0.2, 0.25) is 10.3 Å². The van der Waals surface area contributed by atoms with Gasteiger partial charge in [-0.1, -0.05) is 27.7 Å². The molecule has 2 aromatic rings. The lowest BCUT2D eigenvalue weighted by atomic mass is 10.2. The van der Waals surface area contributed by atoms with E-state index in [1.54, 1.807) is 19.9 Å². The lowest BCUT2D eigenvalue weighted by Gasteiger charge is -2.09. The van der Waals surface area contributed by atoms with Crippen LogP contribution < -0.4 is 5.32 Å². The molecule has 0 aliphatic heterocycles. The number of amides is 1. The molecule has 2 aromatic heterocycles. The van der Waals surface area contributed by atoms with Gasteiger partial charge in [-0.25, -0.2) is 4.98 Å². The van der Waals surface area contributed by atoms with Crippen molar-refractivity contribution in [1.29, 1.82) is 0 Å². The van der Waals surface area contributed by atoms with Crippen LogP contribution in [0.4, 0.5) is 5.69 Å². The van der Waals surface area contributed by atoms with E-state index in [4.69, 9.17) is 23.2 Å². The molecule has 0 unspecified atom stereocenters.